The fraction of sp³-hybridized carbons (Fsp3) is 0.714. The largest absolute Gasteiger partial charge is 0.312 e. The molecule has 2 rings (SSSR count). The van der Waals surface area contributed by atoms with Gasteiger partial charge in [-0.2, -0.15) is 0 Å². The molecule has 3 heteroatoms. The van der Waals surface area contributed by atoms with E-state index in [-0.39, 0.29) is 0 Å². The van der Waals surface area contributed by atoms with E-state index in [1.54, 1.807) is 0 Å². The van der Waals surface area contributed by atoms with Crippen LogP contribution in [0.4, 0.5) is 0 Å². The number of aromatic nitrogens is 2. The van der Waals surface area contributed by atoms with Crippen LogP contribution in [-0.2, 0) is 25.8 Å². The molecule has 0 aliphatic carbocycles. The van der Waals surface area contributed by atoms with Gasteiger partial charge in [0.1, 0.15) is 5.82 Å². The number of nitrogens with zero attached hydrogens (tertiary/aromatic N) is 2. The van der Waals surface area contributed by atoms with Gasteiger partial charge in [-0.3, -0.25) is 0 Å². The third kappa shape index (κ3) is 3.03. The summed E-state index contributed by atoms with van der Waals surface area (Å²) in [7, 11) is 0. The van der Waals surface area contributed by atoms with Gasteiger partial charge in [-0.25, -0.2) is 9.97 Å². The second-order valence-electron chi connectivity index (χ2n) is 5.29. The van der Waals surface area contributed by atoms with Crippen molar-refractivity contribution in [2.45, 2.75) is 53.0 Å². The van der Waals surface area contributed by atoms with Gasteiger partial charge in [0.25, 0.3) is 0 Å². The van der Waals surface area contributed by atoms with Crippen LogP contribution in [0, 0.1) is 5.92 Å². The van der Waals surface area contributed by atoms with E-state index in [4.69, 9.17) is 9.97 Å². The number of rotatable bonds is 4. The van der Waals surface area contributed by atoms with E-state index in [0.717, 1.165) is 44.6 Å². The highest BCUT2D eigenvalue weighted by atomic mass is 14.9. The molecule has 0 amide bonds. The maximum absolute atomic E-state index is 4.76. The zero-order valence-corrected chi connectivity index (χ0v) is 11.2. The van der Waals surface area contributed by atoms with E-state index >= 15 is 0 Å². The third-order valence-electron chi connectivity index (χ3n) is 3.14. The molecule has 1 aromatic heterocycles. The van der Waals surface area contributed by atoms with Crippen LogP contribution in [0.25, 0.3) is 0 Å². The Kier molecular flexibility index (Phi) is 4.11. The SMILES string of the molecule is CCCc1nc(CC(C)C)nc2c1CNCC2. The average Bonchev–Trinajstić information content (AvgIpc) is 2.28. The summed E-state index contributed by atoms with van der Waals surface area (Å²) in [5.41, 5.74) is 3.93. The van der Waals surface area contributed by atoms with E-state index < -0.39 is 0 Å². The zero-order valence-electron chi connectivity index (χ0n) is 11.2. The van der Waals surface area contributed by atoms with E-state index in [0.29, 0.717) is 5.92 Å². The van der Waals surface area contributed by atoms with E-state index in [9.17, 15) is 0 Å². The Balaban J connectivity index is 2.33. The van der Waals surface area contributed by atoms with E-state index in [2.05, 4.69) is 26.1 Å². The van der Waals surface area contributed by atoms with Gasteiger partial charge in [-0.05, 0) is 12.3 Å². The first-order valence-electron chi connectivity index (χ1n) is 6.79. The Morgan fingerprint density at radius 1 is 1.29 bits per heavy atom. The Morgan fingerprint density at radius 3 is 2.82 bits per heavy atom. The van der Waals surface area contributed by atoms with Gasteiger partial charge in [0, 0.05) is 37.2 Å². The highest BCUT2D eigenvalue weighted by Crippen LogP contribution is 2.18. The van der Waals surface area contributed by atoms with Crippen molar-refractivity contribution in [3.8, 4) is 0 Å². The summed E-state index contributed by atoms with van der Waals surface area (Å²) in [5, 5.41) is 3.42. The minimum atomic E-state index is 0.629. The molecule has 3 nitrogen and oxygen atoms in total. The molecular weight excluding hydrogens is 210 g/mol. The molecule has 0 fully saturated rings. The van der Waals surface area contributed by atoms with Crippen molar-refractivity contribution in [1.29, 1.82) is 0 Å². The van der Waals surface area contributed by atoms with Gasteiger partial charge in [0.2, 0.25) is 0 Å². The van der Waals surface area contributed by atoms with Crippen molar-refractivity contribution in [3.63, 3.8) is 0 Å². The van der Waals surface area contributed by atoms with Crippen molar-refractivity contribution in [2.75, 3.05) is 6.54 Å². The van der Waals surface area contributed by atoms with Gasteiger partial charge in [0.05, 0.1) is 5.69 Å². The minimum absolute atomic E-state index is 0.629. The molecule has 1 aromatic rings. The lowest BCUT2D eigenvalue weighted by Crippen LogP contribution is -2.27. The molecule has 1 N–H and O–H groups in total. The number of nitrogens with one attached hydrogen (secondary N) is 1. The number of fused-ring (bicyclic) bond motifs is 1. The molecule has 0 saturated carbocycles. The van der Waals surface area contributed by atoms with Gasteiger partial charge in [-0.1, -0.05) is 27.2 Å². The molecule has 2 heterocycles. The van der Waals surface area contributed by atoms with Crippen molar-refractivity contribution >= 4 is 0 Å². The van der Waals surface area contributed by atoms with Gasteiger partial charge in [0.15, 0.2) is 0 Å². The molecule has 0 saturated heterocycles. The van der Waals surface area contributed by atoms with Crippen LogP contribution in [0.3, 0.4) is 0 Å². The van der Waals surface area contributed by atoms with Crippen LogP contribution in [0.5, 0.6) is 0 Å². The number of aryl methyl sites for hydroxylation is 1. The highest BCUT2D eigenvalue weighted by molar-refractivity contribution is 5.28. The maximum Gasteiger partial charge on any atom is 0.129 e. The second kappa shape index (κ2) is 5.58. The molecule has 0 atom stereocenters. The lowest BCUT2D eigenvalue weighted by molar-refractivity contribution is 0.580. The molecule has 0 unspecified atom stereocenters. The molecule has 0 radical (unpaired) electrons. The lowest BCUT2D eigenvalue weighted by atomic mass is 10.0. The summed E-state index contributed by atoms with van der Waals surface area (Å²) in [6.07, 6.45) is 4.29. The number of hydrogen-bond acceptors (Lipinski definition) is 3. The van der Waals surface area contributed by atoms with Crippen molar-refractivity contribution in [3.05, 3.63) is 22.8 Å². The second-order valence-corrected chi connectivity index (χ2v) is 5.29. The van der Waals surface area contributed by atoms with Gasteiger partial charge >= 0.3 is 0 Å². The van der Waals surface area contributed by atoms with Gasteiger partial charge in [-0.15, -0.1) is 0 Å². The minimum Gasteiger partial charge on any atom is -0.312 e. The Hall–Kier alpha value is -0.960. The Bertz CT molecular complexity index is 385. The monoisotopic (exact) mass is 233 g/mol. The van der Waals surface area contributed by atoms with E-state index in [1.165, 1.54) is 17.0 Å². The first-order chi connectivity index (χ1) is 8.20. The Labute approximate surface area is 104 Å². The summed E-state index contributed by atoms with van der Waals surface area (Å²) in [4.78, 5) is 9.51. The van der Waals surface area contributed by atoms with Crippen LogP contribution >= 0.6 is 0 Å². The first kappa shape index (κ1) is 12.5. The van der Waals surface area contributed by atoms with Crippen molar-refractivity contribution < 1.29 is 0 Å². The number of hydrogen-bond donors (Lipinski definition) is 1. The predicted octanol–water partition coefficient (Wildman–Crippen LogP) is 2.27. The normalized spacial score (nSPS) is 15.1. The summed E-state index contributed by atoms with van der Waals surface area (Å²) < 4.78 is 0. The molecule has 1 aliphatic rings. The molecule has 94 valence electrons. The predicted molar refractivity (Wildman–Crippen MR) is 70.0 cm³/mol. The van der Waals surface area contributed by atoms with Crippen LogP contribution in [0.2, 0.25) is 0 Å². The zero-order chi connectivity index (χ0) is 12.3. The standard InChI is InChI=1S/C14H23N3/c1-4-5-12-11-9-15-7-6-13(11)17-14(16-12)8-10(2)3/h10,15H,4-9H2,1-3H3. The van der Waals surface area contributed by atoms with Crippen LogP contribution in [0.1, 0.15) is 50.0 Å². The van der Waals surface area contributed by atoms with Gasteiger partial charge < -0.3 is 5.32 Å². The quantitative estimate of drug-likeness (QED) is 0.867. The fourth-order valence-electron chi connectivity index (χ4n) is 2.37. The first-order valence-corrected chi connectivity index (χ1v) is 6.79. The smallest absolute Gasteiger partial charge is 0.129 e. The van der Waals surface area contributed by atoms with Crippen LogP contribution in [-0.4, -0.2) is 16.5 Å². The van der Waals surface area contributed by atoms with Crippen LogP contribution < -0.4 is 5.32 Å². The van der Waals surface area contributed by atoms with Crippen molar-refractivity contribution in [2.24, 2.45) is 5.92 Å². The molecule has 0 bridgehead atoms. The Morgan fingerprint density at radius 2 is 2.12 bits per heavy atom. The summed E-state index contributed by atoms with van der Waals surface area (Å²) in [5.74, 6) is 1.67. The summed E-state index contributed by atoms with van der Waals surface area (Å²) >= 11 is 0. The van der Waals surface area contributed by atoms with Crippen molar-refractivity contribution in [1.82, 2.24) is 15.3 Å². The lowest BCUT2D eigenvalue weighted by Gasteiger charge is -2.20. The highest BCUT2D eigenvalue weighted by Gasteiger charge is 2.17. The fourth-order valence-corrected chi connectivity index (χ4v) is 2.37. The van der Waals surface area contributed by atoms with Crippen LogP contribution in [0.15, 0.2) is 0 Å². The average molecular weight is 233 g/mol. The summed E-state index contributed by atoms with van der Waals surface area (Å²) in [6.45, 7) is 8.67. The molecule has 0 aromatic carbocycles. The van der Waals surface area contributed by atoms with E-state index in [1.807, 2.05) is 0 Å². The third-order valence-corrected chi connectivity index (χ3v) is 3.14. The topological polar surface area (TPSA) is 37.8 Å². The summed E-state index contributed by atoms with van der Waals surface area (Å²) in [6, 6.07) is 0. The molecule has 1 aliphatic heterocycles. The maximum atomic E-state index is 4.76. The molecular formula is C14H23N3. The molecule has 17 heavy (non-hydrogen) atoms. The molecule has 0 spiro atoms.